The molecule has 6 nitrogen and oxygen atoms in total. The largest absolute Gasteiger partial charge is 0.383 e. The second-order valence-electron chi connectivity index (χ2n) is 6.49. The number of ether oxygens (including phenoxy) is 1. The number of carbonyl (C=O) groups excluding carboxylic acids is 2. The molecule has 0 aliphatic rings. The fraction of sp³-hybridized carbons (Fsp3) is 0.238. The van der Waals surface area contributed by atoms with Crippen LogP contribution in [0.15, 0.2) is 46.9 Å². The van der Waals surface area contributed by atoms with Crippen LogP contribution in [0.5, 0.6) is 0 Å². The number of rotatable bonds is 7. The molecule has 0 aliphatic heterocycles. The van der Waals surface area contributed by atoms with Crippen molar-refractivity contribution in [2.75, 3.05) is 25.6 Å². The van der Waals surface area contributed by atoms with Gasteiger partial charge in [0.25, 0.3) is 5.91 Å². The van der Waals surface area contributed by atoms with Gasteiger partial charge >= 0.3 is 0 Å². The van der Waals surface area contributed by atoms with Gasteiger partial charge in [0.15, 0.2) is 0 Å². The first-order chi connectivity index (χ1) is 13.9. The van der Waals surface area contributed by atoms with Crippen molar-refractivity contribution in [1.29, 1.82) is 0 Å². The Morgan fingerprint density at radius 3 is 2.69 bits per heavy atom. The summed E-state index contributed by atoms with van der Waals surface area (Å²) in [5, 5.41) is 6.88. The predicted octanol–water partition coefficient (Wildman–Crippen LogP) is 4.38. The fourth-order valence-corrected chi connectivity index (χ4v) is 3.89. The Labute approximate surface area is 182 Å². The average molecular weight is 479 g/mol. The van der Waals surface area contributed by atoms with Crippen molar-refractivity contribution in [3.8, 4) is 0 Å². The molecule has 0 fully saturated rings. The number of fused-ring (bicyclic) bond motifs is 1. The number of hydrogen-bond acceptors (Lipinski definition) is 3. The van der Waals surface area contributed by atoms with E-state index in [1.54, 1.807) is 25.3 Å². The maximum absolute atomic E-state index is 12.6. The summed E-state index contributed by atoms with van der Waals surface area (Å²) in [5.74, 6) is -0.473. The lowest BCUT2D eigenvalue weighted by Crippen LogP contribution is -2.27. The Morgan fingerprint density at radius 1 is 1.21 bits per heavy atom. The van der Waals surface area contributed by atoms with Gasteiger partial charge in [0, 0.05) is 40.4 Å². The first-order valence-corrected chi connectivity index (χ1v) is 10.2. The molecule has 152 valence electrons. The van der Waals surface area contributed by atoms with Crippen molar-refractivity contribution < 1.29 is 14.3 Å². The number of halogens is 2. The second-order valence-corrected chi connectivity index (χ2v) is 7.69. The molecule has 0 aliphatic carbocycles. The summed E-state index contributed by atoms with van der Waals surface area (Å²) >= 11 is 9.83. The Kier molecular flexibility index (Phi) is 6.95. The van der Waals surface area contributed by atoms with E-state index in [9.17, 15) is 9.59 Å². The summed E-state index contributed by atoms with van der Waals surface area (Å²) in [6.07, 6.45) is 0. The SMILES string of the molecule is COCCNC(=O)c1ccc(NC(=O)Cn2c(C)c(Br)c3ccccc32)cc1Cl. The highest BCUT2D eigenvalue weighted by atomic mass is 79.9. The van der Waals surface area contributed by atoms with Crippen LogP contribution in [-0.4, -0.2) is 36.6 Å². The van der Waals surface area contributed by atoms with E-state index >= 15 is 0 Å². The Bertz CT molecular complexity index is 1060. The third-order valence-corrected chi connectivity index (χ3v) is 5.86. The predicted molar refractivity (Wildman–Crippen MR) is 119 cm³/mol. The van der Waals surface area contributed by atoms with E-state index in [2.05, 4.69) is 26.6 Å². The lowest BCUT2D eigenvalue weighted by molar-refractivity contribution is -0.116. The molecule has 0 radical (unpaired) electrons. The van der Waals surface area contributed by atoms with Crippen LogP contribution in [0, 0.1) is 6.92 Å². The minimum Gasteiger partial charge on any atom is -0.383 e. The van der Waals surface area contributed by atoms with E-state index in [4.69, 9.17) is 16.3 Å². The van der Waals surface area contributed by atoms with Gasteiger partial charge in [-0.2, -0.15) is 0 Å². The van der Waals surface area contributed by atoms with E-state index in [0.29, 0.717) is 24.4 Å². The molecule has 0 unspecified atom stereocenters. The van der Waals surface area contributed by atoms with Crippen LogP contribution in [0.3, 0.4) is 0 Å². The molecule has 3 aromatic rings. The zero-order valence-corrected chi connectivity index (χ0v) is 18.4. The van der Waals surface area contributed by atoms with E-state index in [0.717, 1.165) is 21.1 Å². The molecule has 0 spiro atoms. The van der Waals surface area contributed by atoms with Gasteiger partial charge in [-0.05, 0) is 47.1 Å². The normalized spacial score (nSPS) is 10.9. The zero-order valence-electron chi connectivity index (χ0n) is 16.1. The minimum atomic E-state index is -0.288. The quantitative estimate of drug-likeness (QED) is 0.495. The minimum absolute atomic E-state index is 0.162. The number of amides is 2. The summed E-state index contributed by atoms with van der Waals surface area (Å²) in [5.41, 5.74) is 2.83. The average Bonchev–Trinajstić information content (AvgIpc) is 2.93. The Hall–Kier alpha value is -2.35. The molecule has 29 heavy (non-hydrogen) atoms. The Balaban J connectivity index is 1.71. The van der Waals surface area contributed by atoms with Crippen LogP contribution in [0.25, 0.3) is 10.9 Å². The van der Waals surface area contributed by atoms with E-state index < -0.39 is 0 Å². The van der Waals surface area contributed by atoms with Gasteiger partial charge in [-0.3, -0.25) is 9.59 Å². The molecule has 1 aromatic heterocycles. The molecule has 8 heteroatoms. The molecular weight excluding hydrogens is 458 g/mol. The maximum Gasteiger partial charge on any atom is 0.252 e. The van der Waals surface area contributed by atoms with Crippen LogP contribution in [0.1, 0.15) is 16.1 Å². The zero-order chi connectivity index (χ0) is 21.0. The number of benzene rings is 2. The molecule has 0 saturated carbocycles. The lowest BCUT2D eigenvalue weighted by atomic mass is 10.2. The highest BCUT2D eigenvalue weighted by Crippen LogP contribution is 2.30. The van der Waals surface area contributed by atoms with Gasteiger partial charge in [-0.1, -0.05) is 29.8 Å². The van der Waals surface area contributed by atoms with Crippen LogP contribution < -0.4 is 10.6 Å². The number of para-hydroxylation sites is 1. The number of carbonyl (C=O) groups is 2. The number of aromatic nitrogens is 1. The van der Waals surface area contributed by atoms with Crippen molar-refractivity contribution in [3.05, 3.63) is 63.2 Å². The number of hydrogen-bond donors (Lipinski definition) is 2. The standard InChI is InChI=1S/C21H21BrClN3O3/c1-13-20(22)16-5-3-4-6-18(16)26(13)12-19(27)25-14-7-8-15(17(23)11-14)21(28)24-9-10-29-2/h3-8,11H,9-10,12H2,1-2H3,(H,24,28)(H,25,27). The van der Waals surface area contributed by atoms with E-state index in [1.165, 1.54) is 0 Å². The van der Waals surface area contributed by atoms with Crippen molar-refractivity contribution in [1.82, 2.24) is 9.88 Å². The van der Waals surface area contributed by atoms with E-state index in [1.807, 2.05) is 35.8 Å². The van der Waals surface area contributed by atoms with Gasteiger partial charge in [0.2, 0.25) is 5.91 Å². The van der Waals surface area contributed by atoms with Gasteiger partial charge in [0.1, 0.15) is 6.54 Å². The van der Waals surface area contributed by atoms with Crippen LogP contribution in [-0.2, 0) is 16.1 Å². The summed E-state index contributed by atoms with van der Waals surface area (Å²) in [4.78, 5) is 24.7. The van der Waals surface area contributed by atoms with Crippen molar-refractivity contribution in [3.63, 3.8) is 0 Å². The molecule has 0 saturated heterocycles. The third kappa shape index (κ3) is 4.80. The summed E-state index contributed by atoms with van der Waals surface area (Å²) in [6, 6.07) is 12.7. The molecule has 2 amide bonds. The van der Waals surface area contributed by atoms with E-state index in [-0.39, 0.29) is 23.4 Å². The number of anilines is 1. The highest BCUT2D eigenvalue weighted by Gasteiger charge is 2.15. The highest BCUT2D eigenvalue weighted by molar-refractivity contribution is 9.10. The summed E-state index contributed by atoms with van der Waals surface area (Å²) in [7, 11) is 1.56. The van der Waals surface area contributed by atoms with Gasteiger partial charge < -0.3 is 19.9 Å². The first-order valence-electron chi connectivity index (χ1n) is 9.02. The van der Waals surface area contributed by atoms with Gasteiger partial charge in [-0.15, -0.1) is 0 Å². The van der Waals surface area contributed by atoms with Crippen molar-refractivity contribution in [2.24, 2.45) is 0 Å². The van der Waals surface area contributed by atoms with Gasteiger partial charge in [0.05, 0.1) is 17.2 Å². The van der Waals surface area contributed by atoms with Crippen LogP contribution >= 0.6 is 27.5 Å². The molecule has 2 N–H and O–H groups in total. The van der Waals surface area contributed by atoms with Gasteiger partial charge in [-0.25, -0.2) is 0 Å². The molecule has 0 atom stereocenters. The molecule has 2 aromatic carbocycles. The Morgan fingerprint density at radius 2 is 1.97 bits per heavy atom. The number of methoxy groups -OCH3 is 1. The smallest absolute Gasteiger partial charge is 0.252 e. The second kappa shape index (κ2) is 9.43. The maximum atomic E-state index is 12.6. The number of nitrogens with zero attached hydrogens (tertiary/aromatic N) is 1. The lowest BCUT2D eigenvalue weighted by Gasteiger charge is -2.11. The van der Waals surface area contributed by atoms with Crippen molar-refractivity contribution >= 4 is 55.9 Å². The van der Waals surface area contributed by atoms with Crippen LogP contribution in [0.2, 0.25) is 5.02 Å². The summed E-state index contributed by atoms with van der Waals surface area (Å²) in [6.45, 7) is 2.94. The van der Waals surface area contributed by atoms with Crippen LogP contribution in [0.4, 0.5) is 5.69 Å². The monoisotopic (exact) mass is 477 g/mol. The third-order valence-electron chi connectivity index (χ3n) is 4.54. The van der Waals surface area contributed by atoms with Crippen molar-refractivity contribution in [2.45, 2.75) is 13.5 Å². The topological polar surface area (TPSA) is 72.4 Å². The molecular formula is C21H21BrClN3O3. The molecule has 0 bridgehead atoms. The number of nitrogens with one attached hydrogen (secondary N) is 2. The summed E-state index contributed by atoms with van der Waals surface area (Å²) < 4.78 is 7.84. The fourth-order valence-electron chi connectivity index (χ4n) is 3.08. The molecule has 1 heterocycles. The molecule has 3 rings (SSSR count). The first kappa shape index (κ1) is 21.4.